The monoisotopic (exact) mass is 275 g/mol. The molecule has 0 radical (unpaired) electrons. The minimum atomic E-state index is -3.32. The lowest BCUT2D eigenvalue weighted by Crippen LogP contribution is -2.44. The van der Waals surface area contributed by atoms with Crippen LogP contribution in [0.2, 0.25) is 0 Å². The maximum Gasteiger partial charge on any atom is 0.321 e. The molecule has 0 aromatic heterocycles. The normalized spacial score (nSPS) is 21.4. The smallest absolute Gasteiger partial charge is 0.321 e. The van der Waals surface area contributed by atoms with Crippen molar-refractivity contribution in [3.05, 3.63) is 0 Å². The van der Waals surface area contributed by atoms with E-state index in [1.165, 1.54) is 11.4 Å². The van der Waals surface area contributed by atoms with Gasteiger partial charge < -0.3 is 4.74 Å². The maximum atomic E-state index is 12.3. The van der Waals surface area contributed by atoms with Gasteiger partial charge in [0.25, 0.3) is 0 Å². The van der Waals surface area contributed by atoms with Gasteiger partial charge in [0.15, 0.2) is 0 Å². The van der Waals surface area contributed by atoms with E-state index in [-0.39, 0.29) is 18.3 Å². The highest BCUT2D eigenvalue weighted by Crippen LogP contribution is 2.33. The SMILES string of the molecule is COC(=O)CN(C1CCCC1)S(=O)(=O)CC1CC1. The molecule has 0 saturated heterocycles. The zero-order chi connectivity index (χ0) is 13.2. The molecule has 0 heterocycles. The van der Waals surface area contributed by atoms with Crippen molar-refractivity contribution in [2.75, 3.05) is 19.4 Å². The molecule has 6 heteroatoms. The Morgan fingerprint density at radius 1 is 1.22 bits per heavy atom. The number of methoxy groups -OCH3 is 1. The number of sulfonamides is 1. The first kappa shape index (κ1) is 13.8. The zero-order valence-electron chi connectivity index (χ0n) is 10.8. The number of nitrogens with zero attached hydrogens (tertiary/aromatic N) is 1. The number of carbonyl (C=O) groups is 1. The Kier molecular flexibility index (Phi) is 4.27. The first-order valence-corrected chi connectivity index (χ1v) is 8.20. The van der Waals surface area contributed by atoms with Crippen LogP contribution in [0.4, 0.5) is 0 Å². The van der Waals surface area contributed by atoms with Crippen molar-refractivity contribution < 1.29 is 17.9 Å². The van der Waals surface area contributed by atoms with Crippen molar-refractivity contribution in [2.24, 2.45) is 5.92 Å². The van der Waals surface area contributed by atoms with Crippen molar-refractivity contribution in [3.8, 4) is 0 Å². The minimum Gasteiger partial charge on any atom is -0.468 e. The van der Waals surface area contributed by atoms with Gasteiger partial charge in [0, 0.05) is 6.04 Å². The van der Waals surface area contributed by atoms with E-state index in [9.17, 15) is 13.2 Å². The van der Waals surface area contributed by atoms with Crippen LogP contribution in [0.25, 0.3) is 0 Å². The van der Waals surface area contributed by atoms with E-state index < -0.39 is 16.0 Å². The van der Waals surface area contributed by atoms with E-state index >= 15 is 0 Å². The third-order valence-electron chi connectivity index (χ3n) is 3.75. The van der Waals surface area contributed by atoms with Crippen LogP contribution >= 0.6 is 0 Å². The molecule has 0 bridgehead atoms. The summed E-state index contributed by atoms with van der Waals surface area (Å²) in [5, 5.41) is 0. The second kappa shape index (κ2) is 5.57. The van der Waals surface area contributed by atoms with Crippen LogP contribution in [0.3, 0.4) is 0 Å². The highest BCUT2D eigenvalue weighted by Gasteiger charge is 2.37. The van der Waals surface area contributed by atoms with E-state index in [1.54, 1.807) is 0 Å². The van der Waals surface area contributed by atoms with Crippen LogP contribution < -0.4 is 0 Å². The Hall–Kier alpha value is -0.620. The summed E-state index contributed by atoms with van der Waals surface area (Å²) < 4.78 is 30.7. The lowest BCUT2D eigenvalue weighted by atomic mass is 10.2. The van der Waals surface area contributed by atoms with Gasteiger partial charge in [0.2, 0.25) is 10.0 Å². The molecule has 0 spiro atoms. The molecular formula is C12H21NO4S. The first-order valence-electron chi connectivity index (χ1n) is 6.59. The lowest BCUT2D eigenvalue weighted by molar-refractivity contribution is -0.141. The van der Waals surface area contributed by atoms with Gasteiger partial charge in [0.05, 0.1) is 12.9 Å². The quantitative estimate of drug-likeness (QED) is 0.682. The van der Waals surface area contributed by atoms with Gasteiger partial charge in [0.1, 0.15) is 6.54 Å². The fourth-order valence-corrected chi connectivity index (χ4v) is 4.60. The van der Waals surface area contributed by atoms with Crippen LogP contribution in [0.15, 0.2) is 0 Å². The van der Waals surface area contributed by atoms with Gasteiger partial charge in [-0.3, -0.25) is 4.79 Å². The van der Waals surface area contributed by atoms with Crippen LogP contribution in [-0.2, 0) is 19.6 Å². The Bertz CT molecular complexity index is 396. The Labute approximate surface area is 109 Å². The largest absolute Gasteiger partial charge is 0.468 e. The van der Waals surface area contributed by atoms with Crippen LogP contribution in [0.1, 0.15) is 38.5 Å². The number of esters is 1. The topological polar surface area (TPSA) is 63.7 Å². The van der Waals surface area contributed by atoms with E-state index in [2.05, 4.69) is 4.74 Å². The van der Waals surface area contributed by atoms with Gasteiger partial charge in [-0.25, -0.2) is 8.42 Å². The fourth-order valence-electron chi connectivity index (χ4n) is 2.52. The molecule has 0 aliphatic heterocycles. The molecule has 5 nitrogen and oxygen atoms in total. The predicted molar refractivity (Wildman–Crippen MR) is 67.5 cm³/mol. The standard InChI is InChI=1S/C12H21NO4S/c1-17-12(14)8-13(11-4-2-3-5-11)18(15,16)9-10-6-7-10/h10-11H,2-9H2,1H3. The molecule has 0 unspecified atom stereocenters. The molecule has 2 saturated carbocycles. The molecule has 0 aromatic carbocycles. The summed E-state index contributed by atoms with van der Waals surface area (Å²) in [7, 11) is -2.02. The van der Waals surface area contributed by atoms with Crippen molar-refractivity contribution in [3.63, 3.8) is 0 Å². The Morgan fingerprint density at radius 2 is 1.83 bits per heavy atom. The lowest BCUT2D eigenvalue weighted by Gasteiger charge is -2.26. The Morgan fingerprint density at radius 3 is 2.33 bits per heavy atom. The third kappa shape index (κ3) is 3.45. The highest BCUT2D eigenvalue weighted by molar-refractivity contribution is 7.89. The molecule has 104 valence electrons. The molecule has 0 amide bonds. The molecular weight excluding hydrogens is 254 g/mol. The molecule has 0 atom stereocenters. The summed E-state index contributed by atoms with van der Waals surface area (Å²) in [5.74, 6) is 0.0263. The molecule has 0 N–H and O–H groups in total. The fraction of sp³-hybridized carbons (Fsp3) is 0.917. The van der Waals surface area contributed by atoms with Crippen molar-refractivity contribution in [1.29, 1.82) is 0 Å². The summed E-state index contributed by atoms with van der Waals surface area (Å²) in [6.07, 6.45) is 5.80. The van der Waals surface area contributed by atoms with Crippen LogP contribution in [-0.4, -0.2) is 44.1 Å². The zero-order valence-corrected chi connectivity index (χ0v) is 11.6. The second-order valence-electron chi connectivity index (χ2n) is 5.28. The van der Waals surface area contributed by atoms with Crippen LogP contribution in [0.5, 0.6) is 0 Å². The average molecular weight is 275 g/mol. The number of ether oxygens (including phenoxy) is 1. The van der Waals surface area contributed by atoms with Gasteiger partial charge in [-0.1, -0.05) is 12.8 Å². The van der Waals surface area contributed by atoms with E-state index in [4.69, 9.17) is 0 Å². The summed E-state index contributed by atoms with van der Waals surface area (Å²) in [5.41, 5.74) is 0. The van der Waals surface area contributed by atoms with Gasteiger partial charge in [-0.15, -0.1) is 0 Å². The average Bonchev–Trinajstić information content (AvgIpc) is 2.96. The minimum absolute atomic E-state index is 0.00662. The van der Waals surface area contributed by atoms with Gasteiger partial charge in [-0.2, -0.15) is 4.31 Å². The number of rotatable bonds is 6. The molecule has 2 fully saturated rings. The van der Waals surface area contributed by atoms with Crippen LogP contribution in [0, 0.1) is 5.92 Å². The first-order chi connectivity index (χ1) is 8.53. The summed E-state index contributed by atoms with van der Waals surface area (Å²) in [6, 6.07) is -0.00662. The van der Waals surface area contributed by atoms with Gasteiger partial charge in [-0.05, 0) is 31.6 Å². The number of carbonyl (C=O) groups excluding carboxylic acids is 1. The highest BCUT2D eigenvalue weighted by atomic mass is 32.2. The second-order valence-corrected chi connectivity index (χ2v) is 7.25. The molecule has 2 aliphatic rings. The van der Waals surface area contributed by atoms with Crippen molar-refractivity contribution in [1.82, 2.24) is 4.31 Å². The van der Waals surface area contributed by atoms with E-state index in [0.29, 0.717) is 5.92 Å². The predicted octanol–water partition coefficient (Wildman–Crippen LogP) is 1.14. The summed E-state index contributed by atoms with van der Waals surface area (Å²) in [6.45, 7) is -0.129. The molecule has 2 aliphatic carbocycles. The van der Waals surface area contributed by atoms with Gasteiger partial charge >= 0.3 is 5.97 Å². The third-order valence-corrected chi connectivity index (χ3v) is 5.78. The summed E-state index contributed by atoms with van der Waals surface area (Å²) >= 11 is 0. The molecule has 0 aromatic rings. The molecule has 2 rings (SSSR count). The van der Waals surface area contributed by atoms with Crippen molar-refractivity contribution >= 4 is 16.0 Å². The molecule has 18 heavy (non-hydrogen) atoms. The van der Waals surface area contributed by atoms with Crippen molar-refractivity contribution in [2.45, 2.75) is 44.6 Å². The number of hydrogen-bond acceptors (Lipinski definition) is 4. The summed E-state index contributed by atoms with van der Waals surface area (Å²) in [4.78, 5) is 11.4. The van der Waals surface area contributed by atoms with E-state index in [0.717, 1.165) is 38.5 Å². The number of hydrogen-bond donors (Lipinski definition) is 0. The maximum absolute atomic E-state index is 12.3. The Balaban J connectivity index is 2.08. The van der Waals surface area contributed by atoms with E-state index in [1.807, 2.05) is 0 Å².